The first kappa shape index (κ1) is 22.9. The number of nitrogens with one attached hydrogen (secondary N) is 1. The summed E-state index contributed by atoms with van der Waals surface area (Å²) in [6.07, 6.45) is 15.6. The lowest BCUT2D eigenvalue weighted by Gasteiger charge is -2.25. The average molecular weight is 327 g/mol. The Hall–Kier alpha value is -0.0800. The normalized spacial score (nSPS) is 12.9. The van der Waals surface area contributed by atoms with Gasteiger partial charge in [-0.25, -0.2) is 0 Å². The van der Waals surface area contributed by atoms with Crippen LogP contribution in [-0.4, -0.2) is 37.6 Å². The molecule has 0 spiro atoms. The summed E-state index contributed by atoms with van der Waals surface area (Å²) in [7, 11) is 0. The van der Waals surface area contributed by atoms with E-state index in [2.05, 4.69) is 37.9 Å². The molecule has 23 heavy (non-hydrogen) atoms. The standard InChI is InChI=1S/C21H46N2/c1-5-8-10-11-12-13-14-15-16-21(4)20-23(18-9-6-2)19-17-22-7-3/h21-22H,5-20H2,1-4H3. The fourth-order valence-electron chi connectivity index (χ4n) is 3.25. The molecular weight excluding hydrogens is 280 g/mol. The number of nitrogens with zero attached hydrogens (tertiary/aromatic N) is 1. The number of hydrogen-bond donors (Lipinski definition) is 1. The average Bonchev–Trinajstić information content (AvgIpc) is 2.55. The Labute approximate surface area is 147 Å². The zero-order valence-electron chi connectivity index (χ0n) is 16.8. The fraction of sp³-hybridized carbons (Fsp3) is 1.00. The summed E-state index contributed by atoms with van der Waals surface area (Å²) in [6.45, 7) is 15.3. The molecular formula is C21H46N2. The predicted molar refractivity (Wildman–Crippen MR) is 106 cm³/mol. The van der Waals surface area contributed by atoms with Crippen molar-refractivity contribution in [2.45, 2.75) is 98.3 Å². The van der Waals surface area contributed by atoms with Crippen molar-refractivity contribution in [1.82, 2.24) is 10.2 Å². The summed E-state index contributed by atoms with van der Waals surface area (Å²) >= 11 is 0. The van der Waals surface area contributed by atoms with Crippen LogP contribution in [-0.2, 0) is 0 Å². The topological polar surface area (TPSA) is 15.3 Å². The summed E-state index contributed by atoms with van der Waals surface area (Å²) < 4.78 is 0. The van der Waals surface area contributed by atoms with E-state index in [1.807, 2.05) is 0 Å². The van der Waals surface area contributed by atoms with Crippen molar-refractivity contribution in [2.24, 2.45) is 5.92 Å². The Bertz CT molecular complexity index is 218. The van der Waals surface area contributed by atoms with Gasteiger partial charge in [0, 0.05) is 19.6 Å². The van der Waals surface area contributed by atoms with Crippen LogP contribution in [0, 0.1) is 5.92 Å². The molecule has 0 saturated carbocycles. The first-order valence-electron chi connectivity index (χ1n) is 10.7. The summed E-state index contributed by atoms with van der Waals surface area (Å²) in [5.41, 5.74) is 0. The summed E-state index contributed by atoms with van der Waals surface area (Å²) in [4.78, 5) is 2.68. The minimum atomic E-state index is 0.855. The van der Waals surface area contributed by atoms with Crippen LogP contribution in [0.3, 0.4) is 0 Å². The molecule has 0 aromatic heterocycles. The molecule has 0 fully saturated rings. The Morgan fingerprint density at radius 3 is 1.96 bits per heavy atom. The lowest BCUT2D eigenvalue weighted by Crippen LogP contribution is -2.35. The van der Waals surface area contributed by atoms with Crippen molar-refractivity contribution < 1.29 is 0 Å². The van der Waals surface area contributed by atoms with Gasteiger partial charge in [-0.2, -0.15) is 0 Å². The molecule has 0 aliphatic heterocycles. The molecule has 2 nitrogen and oxygen atoms in total. The van der Waals surface area contributed by atoms with Crippen LogP contribution >= 0.6 is 0 Å². The highest BCUT2D eigenvalue weighted by Gasteiger charge is 2.09. The molecule has 0 aromatic rings. The van der Waals surface area contributed by atoms with Gasteiger partial charge < -0.3 is 10.2 Å². The van der Waals surface area contributed by atoms with Crippen LogP contribution in [0.1, 0.15) is 98.3 Å². The second-order valence-electron chi connectivity index (χ2n) is 7.38. The van der Waals surface area contributed by atoms with Crippen LogP contribution in [0.15, 0.2) is 0 Å². The first-order chi connectivity index (χ1) is 11.2. The molecule has 0 bridgehead atoms. The van der Waals surface area contributed by atoms with E-state index in [4.69, 9.17) is 0 Å². The molecule has 2 heteroatoms. The minimum absolute atomic E-state index is 0.855. The fourth-order valence-corrected chi connectivity index (χ4v) is 3.25. The summed E-state index contributed by atoms with van der Waals surface area (Å²) in [5, 5.41) is 3.47. The van der Waals surface area contributed by atoms with E-state index < -0.39 is 0 Å². The Kier molecular flexibility index (Phi) is 18.2. The third kappa shape index (κ3) is 16.6. The molecule has 0 radical (unpaired) electrons. The highest BCUT2D eigenvalue weighted by atomic mass is 15.1. The van der Waals surface area contributed by atoms with Crippen LogP contribution in [0.25, 0.3) is 0 Å². The van der Waals surface area contributed by atoms with E-state index in [1.165, 1.54) is 90.3 Å². The van der Waals surface area contributed by atoms with E-state index >= 15 is 0 Å². The van der Waals surface area contributed by atoms with Gasteiger partial charge in [0.05, 0.1) is 0 Å². The quantitative estimate of drug-likeness (QED) is 0.317. The molecule has 1 N–H and O–H groups in total. The van der Waals surface area contributed by atoms with Gasteiger partial charge in [-0.1, -0.05) is 85.5 Å². The van der Waals surface area contributed by atoms with E-state index in [9.17, 15) is 0 Å². The molecule has 0 amide bonds. The Morgan fingerprint density at radius 2 is 1.35 bits per heavy atom. The van der Waals surface area contributed by atoms with E-state index in [1.54, 1.807) is 0 Å². The van der Waals surface area contributed by atoms with Gasteiger partial charge in [-0.05, 0) is 31.8 Å². The SMILES string of the molecule is CCCCCCCCCCC(C)CN(CCCC)CCNCC. The zero-order chi connectivity index (χ0) is 17.2. The zero-order valence-corrected chi connectivity index (χ0v) is 16.8. The summed E-state index contributed by atoms with van der Waals surface area (Å²) in [5.74, 6) is 0.855. The van der Waals surface area contributed by atoms with Gasteiger partial charge in [-0.3, -0.25) is 0 Å². The van der Waals surface area contributed by atoms with Crippen LogP contribution < -0.4 is 5.32 Å². The molecule has 0 saturated heterocycles. The Morgan fingerprint density at radius 1 is 0.739 bits per heavy atom. The van der Waals surface area contributed by atoms with Gasteiger partial charge in [0.2, 0.25) is 0 Å². The molecule has 1 unspecified atom stereocenters. The van der Waals surface area contributed by atoms with Crippen molar-refractivity contribution in [3.8, 4) is 0 Å². The maximum Gasteiger partial charge on any atom is 0.0107 e. The minimum Gasteiger partial charge on any atom is -0.316 e. The monoisotopic (exact) mass is 326 g/mol. The highest BCUT2D eigenvalue weighted by molar-refractivity contribution is 4.65. The molecule has 0 aliphatic rings. The lowest BCUT2D eigenvalue weighted by atomic mass is 10.0. The number of hydrogen-bond acceptors (Lipinski definition) is 2. The van der Waals surface area contributed by atoms with E-state index in [0.717, 1.165) is 19.0 Å². The maximum absolute atomic E-state index is 3.47. The van der Waals surface area contributed by atoms with Crippen LogP contribution in [0.2, 0.25) is 0 Å². The smallest absolute Gasteiger partial charge is 0.0107 e. The predicted octanol–water partition coefficient (Wildman–Crippen LogP) is 5.86. The number of likely N-dealkylation sites (N-methyl/N-ethyl adjacent to an activating group) is 1. The van der Waals surface area contributed by atoms with Gasteiger partial charge in [0.25, 0.3) is 0 Å². The second-order valence-corrected chi connectivity index (χ2v) is 7.38. The highest BCUT2D eigenvalue weighted by Crippen LogP contribution is 2.14. The number of unbranched alkanes of at least 4 members (excludes halogenated alkanes) is 8. The molecule has 140 valence electrons. The van der Waals surface area contributed by atoms with Gasteiger partial charge in [0.1, 0.15) is 0 Å². The van der Waals surface area contributed by atoms with Gasteiger partial charge in [-0.15, -0.1) is 0 Å². The molecule has 0 aliphatic carbocycles. The van der Waals surface area contributed by atoms with Crippen molar-refractivity contribution in [2.75, 3.05) is 32.7 Å². The van der Waals surface area contributed by atoms with Gasteiger partial charge in [0.15, 0.2) is 0 Å². The molecule has 0 aromatic carbocycles. The van der Waals surface area contributed by atoms with Crippen molar-refractivity contribution in [3.05, 3.63) is 0 Å². The van der Waals surface area contributed by atoms with Crippen molar-refractivity contribution in [1.29, 1.82) is 0 Å². The Balaban J connectivity index is 3.65. The van der Waals surface area contributed by atoms with E-state index in [-0.39, 0.29) is 0 Å². The first-order valence-corrected chi connectivity index (χ1v) is 10.7. The van der Waals surface area contributed by atoms with Crippen molar-refractivity contribution >= 4 is 0 Å². The van der Waals surface area contributed by atoms with Crippen LogP contribution in [0.4, 0.5) is 0 Å². The number of rotatable bonds is 18. The molecule has 0 rings (SSSR count). The summed E-state index contributed by atoms with van der Waals surface area (Å²) in [6, 6.07) is 0. The van der Waals surface area contributed by atoms with Crippen molar-refractivity contribution in [3.63, 3.8) is 0 Å². The third-order valence-electron chi connectivity index (χ3n) is 4.80. The van der Waals surface area contributed by atoms with Gasteiger partial charge >= 0.3 is 0 Å². The van der Waals surface area contributed by atoms with E-state index in [0.29, 0.717) is 0 Å². The second kappa shape index (κ2) is 18.3. The molecule has 0 heterocycles. The third-order valence-corrected chi connectivity index (χ3v) is 4.80. The lowest BCUT2D eigenvalue weighted by molar-refractivity contribution is 0.227. The van der Waals surface area contributed by atoms with Crippen LogP contribution in [0.5, 0.6) is 0 Å². The largest absolute Gasteiger partial charge is 0.316 e. The maximum atomic E-state index is 3.47. The molecule has 1 atom stereocenters.